The van der Waals surface area contributed by atoms with Gasteiger partial charge >= 0.3 is 18.1 Å². The number of amides is 1. The maximum atomic E-state index is 11.9. The molecule has 0 saturated heterocycles. The van der Waals surface area contributed by atoms with E-state index in [1.165, 1.54) is 0 Å². The van der Waals surface area contributed by atoms with Crippen LogP contribution in [0.2, 0.25) is 0 Å². The maximum absolute atomic E-state index is 11.9. The molecule has 0 aromatic carbocycles. The fourth-order valence-corrected chi connectivity index (χ4v) is 1.18. The highest BCUT2D eigenvalue weighted by Crippen LogP contribution is 2.19. The van der Waals surface area contributed by atoms with E-state index in [1.807, 2.05) is 0 Å². The van der Waals surface area contributed by atoms with Gasteiger partial charge in [-0.2, -0.15) is 13.2 Å². The molecule has 0 aliphatic carbocycles. The second-order valence-electron chi connectivity index (χ2n) is 3.59. The molecule has 0 aromatic heterocycles. The minimum absolute atomic E-state index is 0.108. The van der Waals surface area contributed by atoms with Gasteiger partial charge < -0.3 is 15.2 Å². The van der Waals surface area contributed by atoms with Gasteiger partial charge in [0.2, 0.25) is 5.91 Å². The number of carboxylic acids is 1. The molecule has 0 bridgehead atoms. The average Bonchev–Trinajstić information content (AvgIpc) is 2.21. The summed E-state index contributed by atoms with van der Waals surface area (Å²) in [6, 6.07) is -1.56. The van der Waals surface area contributed by atoms with Gasteiger partial charge in [0.15, 0.2) is 0 Å². The highest BCUT2D eigenvalue weighted by atomic mass is 19.4. The predicted molar refractivity (Wildman–Crippen MR) is 56.1 cm³/mol. The zero-order valence-corrected chi connectivity index (χ0v) is 10.1. The van der Waals surface area contributed by atoms with Crippen molar-refractivity contribution in [1.29, 1.82) is 0 Å². The number of rotatable bonds is 7. The number of alkyl halides is 3. The second-order valence-corrected chi connectivity index (χ2v) is 3.59. The molecule has 0 aliphatic rings. The zero-order valence-electron chi connectivity index (χ0n) is 10.1. The highest BCUT2D eigenvalue weighted by Gasteiger charge is 2.33. The fourth-order valence-electron chi connectivity index (χ4n) is 1.18. The van der Waals surface area contributed by atoms with Gasteiger partial charge in [-0.15, -0.1) is 0 Å². The zero-order chi connectivity index (χ0) is 15.1. The summed E-state index contributed by atoms with van der Waals surface area (Å²) in [5.41, 5.74) is 0. The van der Waals surface area contributed by atoms with Gasteiger partial charge in [-0.25, -0.2) is 4.79 Å². The molecular weight excluding hydrogens is 271 g/mol. The van der Waals surface area contributed by atoms with E-state index in [0.717, 1.165) is 0 Å². The first-order chi connectivity index (χ1) is 8.65. The van der Waals surface area contributed by atoms with Gasteiger partial charge in [0.05, 0.1) is 6.61 Å². The summed E-state index contributed by atoms with van der Waals surface area (Å²) in [6.45, 7) is 1.66. The number of nitrogens with one attached hydrogen (secondary N) is 1. The second kappa shape index (κ2) is 7.59. The summed E-state index contributed by atoms with van der Waals surface area (Å²) in [4.78, 5) is 32.6. The largest absolute Gasteiger partial charge is 0.480 e. The van der Waals surface area contributed by atoms with Crippen molar-refractivity contribution in [2.24, 2.45) is 0 Å². The molecule has 0 aliphatic heterocycles. The van der Waals surface area contributed by atoms with E-state index < -0.39 is 36.5 Å². The molecule has 110 valence electrons. The van der Waals surface area contributed by atoms with Crippen molar-refractivity contribution in [2.75, 3.05) is 6.61 Å². The fraction of sp³-hybridized carbons (Fsp3) is 0.700. The Morgan fingerprint density at radius 1 is 1.32 bits per heavy atom. The molecule has 0 unspecified atom stereocenters. The number of hydrogen-bond donors (Lipinski definition) is 2. The van der Waals surface area contributed by atoms with Crippen LogP contribution in [0.15, 0.2) is 0 Å². The van der Waals surface area contributed by atoms with E-state index in [9.17, 15) is 27.6 Å². The van der Waals surface area contributed by atoms with Crippen LogP contribution in [0, 0.1) is 0 Å². The van der Waals surface area contributed by atoms with Crippen molar-refractivity contribution in [3.05, 3.63) is 0 Å². The number of aliphatic carboxylic acids is 1. The van der Waals surface area contributed by atoms with Gasteiger partial charge in [0, 0.05) is 6.42 Å². The Morgan fingerprint density at radius 2 is 1.89 bits per heavy atom. The smallest absolute Gasteiger partial charge is 0.397 e. The first-order valence-corrected chi connectivity index (χ1v) is 5.40. The molecule has 0 rings (SSSR count). The van der Waals surface area contributed by atoms with Crippen LogP contribution in [0.5, 0.6) is 0 Å². The minimum atomic E-state index is -4.71. The monoisotopic (exact) mass is 285 g/mol. The normalized spacial score (nSPS) is 12.6. The van der Waals surface area contributed by atoms with Gasteiger partial charge in [-0.3, -0.25) is 9.59 Å². The lowest BCUT2D eigenvalue weighted by molar-refractivity contribution is -0.157. The van der Waals surface area contributed by atoms with Crippen molar-refractivity contribution < 1.29 is 37.4 Å². The predicted octanol–water partition coefficient (Wildman–Crippen LogP) is 0.852. The molecule has 0 radical (unpaired) electrons. The van der Waals surface area contributed by atoms with Gasteiger partial charge in [-0.1, -0.05) is 0 Å². The van der Waals surface area contributed by atoms with E-state index in [0.29, 0.717) is 0 Å². The number of carbonyl (C=O) groups excluding carboxylic acids is 2. The Bertz CT molecular complexity index is 343. The lowest BCUT2D eigenvalue weighted by Crippen LogP contribution is -2.42. The van der Waals surface area contributed by atoms with Crippen LogP contribution in [-0.4, -0.2) is 41.8 Å². The summed E-state index contributed by atoms with van der Waals surface area (Å²) in [5.74, 6) is -3.65. The van der Waals surface area contributed by atoms with Gasteiger partial charge in [0.25, 0.3) is 0 Å². The Kier molecular flexibility index (Phi) is 6.87. The molecule has 0 heterocycles. The number of hydrogen-bond acceptors (Lipinski definition) is 4. The Labute approximate surface area is 106 Å². The van der Waals surface area contributed by atoms with Crippen LogP contribution in [0.3, 0.4) is 0 Å². The highest BCUT2D eigenvalue weighted by molar-refractivity contribution is 5.84. The molecule has 1 amide bonds. The molecule has 0 spiro atoms. The SMILES string of the molecule is CCOC(=O)CC[C@H](NC(=O)CC(F)(F)F)C(=O)O. The molecule has 9 heteroatoms. The minimum Gasteiger partial charge on any atom is -0.480 e. The lowest BCUT2D eigenvalue weighted by atomic mass is 10.1. The maximum Gasteiger partial charge on any atom is 0.397 e. The average molecular weight is 285 g/mol. The Hall–Kier alpha value is -1.80. The molecule has 19 heavy (non-hydrogen) atoms. The van der Waals surface area contributed by atoms with E-state index in [4.69, 9.17) is 5.11 Å². The van der Waals surface area contributed by atoms with Crippen LogP contribution >= 0.6 is 0 Å². The van der Waals surface area contributed by atoms with Gasteiger partial charge in [-0.05, 0) is 13.3 Å². The number of halogens is 3. The first kappa shape index (κ1) is 17.2. The molecule has 0 aromatic rings. The summed E-state index contributed by atoms with van der Waals surface area (Å²) in [7, 11) is 0. The van der Waals surface area contributed by atoms with E-state index in [1.54, 1.807) is 12.2 Å². The lowest BCUT2D eigenvalue weighted by Gasteiger charge is -2.14. The third kappa shape index (κ3) is 8.86. The number of esters is 1. The standard InChI is InChI=1S/C10H14F3NO5/c1-2-19-8(16)4-3-6(9(17)18)14-7(15)5-10(11,12)13/h6H,2-5H2,1H3,(H,14,15)(H,17,18)/t6-/m0/s1. The van der Waals surface area contributed by atoms with Crippen molar-refractivity contribution >= 4 is 17.8 Å². The first-order valence-electron chi connectivity index (χ1n) is 5.40. The van der Waals surface area contributed by atoms with Crippen LogP contribution < -0.4 is 5.32 Å². The number of carboxylic acid groups (broad SMARTS) is 1. The van der Waals surface area contributed by atoms with E-state index in [-0.39, 0.29) is 19.4 Å². The molecule has 1 atom stereocenters. The number of ether oxygens (including phenoxy) is 1. The molecule has 0 saturated carbocycles. The molecular formula is C10H14F3NO5. The van der Waals surface area contributed by atoms with E-state index >= 15 is 0 Å². The molecule has 2 N–H and O–H groups in total. The molecule has 6 nitrogen and oxygen atoms in total. The molecule has 0 fully saturated rings. The summed E-state index contributed by atoms with van der Waals surface area (Å²) in [6.07, 6.45) is -7.13. The van der Waals surface area contributed by atoms with Crippen molar-refractivity contribution in [2.45, 2.75) is 38.4 Å². The van der Waals surface area contributed by atoms with Crippen LogP contribution in [0.1, 0.15) is 26.2 Å². The Balaban J connectivity index is 4.31. The van der Waals surface area contributed by atoms with E-state index in [2.05, 4.69) is 4.74 Å². The third-order valence-corrected chi connectivity index (χ3v) is 1.94. The quantitative estimate of drug-likeness (QED) is 0.676. The summed E-state index contributed by atoms with van der Waals surface area (Å²) < 4.78 is 40.2. The van der Waals surface area contributed by atoms with Crippen LogP contribution in [-0.2, 0) is 19.1 Å². The Morgan fingerprint density at radius 3 is 2.32 bits per heavy atom. The topological polar surface area (TPSA) is 92.7 Å². The number of carbonyl (C=O) groups is 3. The third-order valence-electron chi connectivity index (χ3n) is 1.94. The van der Waals surface area contributed by atoms with Gasteiger partial charge in [0.1, 0.15) is 12.5 Å². The summed E-state index contributed by atoms with van der Waals surface area (Å²) >= 11 is 0. The summed E-state index contributed by atoms with van der Waals surface area (Å²) in [5, 5.41) is 10.4. The van der Waals surface area contributed by atoms with Crippen LogP contribution in [0.4, 0.5) is 13.2 Å². The van der Waals surface area contributed by atoms with Crippen molar-refractivity contribution in [3.8, 4) is 0 Å². The van der Waals surface area contributed by atoms with Crippen molar-refractivity contribution in [3.63, 3.8) is 0 Å². The van der Waals surface area contributed by atoms with Crippen LogP contribution in [0.25, 0.3) is 0 Å². The van der Waals surface area contributed by atoms with Crippen molar-refractivity contribution in [1.82, 2.24) is 5.32 Å².